The van der Waals surface area contributed by atoms with E-state index in [1.54, 1.807) is 13.0 Å². The van der Waals surface area contributed by atoms with Gasteiger partial charge in [-0.2, -0.15) is 0 Å². The van der Waals surface area contributed by atoms with E-state index in [9.17, 15) is 9.59 Å². The Hall–Kier alpha value is -2.83. The fourth-order valence-electron chi connectivity index (χ4n) is 2.66. The largest absolute Gasteiger partial charge is 0.482 e. The second-order valence-corrected chi connectivity index (χ2v) is 5.86. The summed E-state index contributed by atoms with van der Waals surface area (Å²) in [5.41, 5.74) is 3.04. The van der Waals surface area contributed by atoms with Crippen LogP contribution in [0.15, 0.2) is 22.7 Å². The Balaban J connectivity index is 1.68. The number of hydrogen-bond acceptors (Lipinski definition) is 5. The monoisotopic (exact) mass is 329 g/mol. The molecule has 0 aliphatic carbocycles. The summed E-state index contributed by atoms with van der Waals surface area (Å²) in [6.45, 7) is 5.52. The average molecular weight is 329 g/mol. The predicted octanol–water partition coefficient (Wildman–Crippen LogP) is 2.04. The minimum Gasteiger partial charge on any atom is -0.482 e. The smallest absolute Gasteiger partial charge is 0.262 e. The number of anilines is 1. The van der Waals surface area contributed by atoms with Gasteiger partial charge in [-0.3, -0.25) is 9.59 Å². The highest BCUT2D eigenvalue weighted by atomic mass is 16.5. The molecule has 7 heteroatoms. The lowest BCUT2D eigenvalue weighted by Gasteiger charge is -2.21. The molecule has 7 nitrogen and oxygen atoms in total. The van der Waals surface area contributed by atoms with Crippen LogP contribution < -0.4 is 15.4 Å². The lowest BCUT2D eigenvalue weighted by Crippen LogP contribution is -2.29. The third-order valence-corrected chi connectivity index (χ3v) is 4.03. The minimum atomic E-state index is -0.206. The van der Waals surface area contributed by atoms with Crippen LogP contribution in [0.5, 0.6) is 5.75 Å². The van der Waals surface area contributed by atoms with E-state index in [0.29, 0.717) is 17.2 Å². The summed E-state index contributed by atoms with van der Waals surface area (Å²) in [5, 5.41) is 9.56. The van der Waals surface area contributed by atoms with Gasteiger partial charge in [0.2, 0.25) is 5.91 Å². The highest BCUT2D eigenvalue weighted by Crippen LogP contribution is 2.30. The lowest BCUT2D eigenvalue weighted by atomic mass is 10.1. The van der Waals surface area contributed by atoms with Crippen molar-refractivity contribution in [3.05, 3.63) is 40.8 Å². The van der Waals surface area contributed by atoms with Crippen molar-refractivity contribution >= 4 is 17.5 Å². The number of ether oxygens (including phenoxy) is 1. The Bertz CT molecular complexity index is 778. The summed E-state index contributed by atoms with van der Waals surface area (Å²) in [4.78, 5) is 23.7. The molecule has 2 aromatic rings. The zero-order valence-electron chi connectivity index (χ0n) is 13.8. The van der Waals surface area contributed by atoms with Crippen molar-refractivity contribution < 1.29 is 18.8 Å². The van der Waals surface area contributed by atoms with Crippen LogP contribution in [0, 0.1) is 13.8 Å². The molecule has 1 aliphatic rings. The van der Waals surface area contributed by atoms with Gasteiger partial charge in [0.15, 0.2) is 6.61 Å². The SMILES string of the molecule is Cc1noc(C)c1CC(=O)N[C@@H](C)c1ccc2c(c1)NC(=O)CO2. The molecule has 1 atom stereocenters. The fraction of sp³-hybridized carbons (Fsp3) is 0.353. The van der Waals surface area contributed by atoms with Crippen LogP contribution in [-0.4, -0.2) is 23.6 Å². The van der Waals surface area contributed by atoms with Crippen LogP contribution in [0.4, 0.5) is 5.69 Å². The van der Waals surface area contributed by atoms with Crippen molar-refractivity contribution in [3.63, 3.8) is 0 Å². The Kier molecular flexibility index (Phi) is 4.24. The maximum atomic E-state index is 12.3. The molecule has 0 spiro atoms. The van der Waals surface area contributed by atoms with Gasteiger partial charge in [0.1, 0.15) is 11.5 Å². The number of benzene rings is 1. The number of fused-ring (bicyclic) bond motifs is 1. The molecular weight excluding hydrogens is 310 g/mol. The first-order valence-electron chi connectivity index (χ1n) is 7.71. The number of nitrogens with zero attached hydrogens (tertiary/aromatic N) is 1. The number of aromatic nitrogens is 1. The van der Waals surface area contributed by atoms with Crippen LogP contribution in [0.3, 0.4) is 0 Å². The van der Waals surface area contributed by atoms with Gasteiger partial charge in [0.05, 0.1) is 23.8 Å². The molecule has 0 bridgehead atoms. The Labute approximate surface area is 139 Å². The number of amides is 2. The first kappa shape index (κ1) is 16.0. The molecule has 1 aliphatic heterocycles. The van der Waals surface area contributed by atoms with Crippen molar-refractivity contribution in [2.75, 3.05) is 11.9 Å². The van der Waals surface area contributed by atoms with E-state index in [1.165, 1.54) is 0 Å². The van der Waals surface area contributed by atoms with Crippen LogP contribution in [0.2, 0.25) is 0 Å². The standard InChI is InChI=1S/C17H19N3O4/c1-9(18-16(21)7-13-10(2)20-24-11(13)3)12-4-5-15-14(6-12)19-17(22)8-23-15/h4-6,9H,7-8H2,1-3H3,(H,18,21)(H,19,22)/t9-/m0/s1. The number of carbonyl (C=O) groups is 2. The third-order valence-electron chi connectivity index (χ3n) is 4.03. The molecule has 2 N–H and O–H groups in total. The number of hydrogen-bond donors (Lipinski definition) is 2. The first-order valence-corrected chi connectivity index (χ1v) is 7.71. The Morgan fingerprint density at radius 3 is 2.92 bits per heavy atom. The van der Waals surface area contributed by atoms with Gasteiger partial charge in [0.25, 0.3) is 5.91 Å². The molecule has 0 radical (unpaired) electrons. The van der Waals surface area contributed by atoms with E-state index in [0.717, 1.165) is 16.8 Å². The molecule has 2 heterocycles. The zero-order chi connectivity index (χ0) is 17.3. The van der Waals surface area contributed by atoms with Gasteiger partial charge < -0.3 is 19.9 Å². The maximum Gasteiger partial charge on any atom is 0.262 e. The van der Waals surface area contributed by atoms with E-state index in [2.05, 4.69) is 15.8 Å². The molecule has 1 aromatic carbocycles. The van der Waals surface area contributed by atoms with Gasteiger partial charge in [-0.25, -0.2) is 0 Å². The van der Waals surface area contributed by atoms with Crippen molar-refractivity contribution in [2.45, 2.75) is 33.2 Å². The summed E-state index contributed by atoms with van der Waals surface area (Å²) in [5.74, 6) is 0.987. The Morgan fingerprint density at radius 2 is 2.21 bits per heavy atom. The van der Waals surface area contributed by atoms with Gasteiger partial charge in [-0.05, 0) is 38.5 Å². The molecule has 1 aromatic heterocycles. The lowest BCUT2D eigenvalue weighted by molar-refractivity contribution is -0.121. The summed E-state index contributed by atoms with van der Waals surface area (Å²) in [6.07, 6.45) is 0.219. The molecule has 0 saturated carbocycles. The fourth-order valence-corrected chi connectivity index (χ4v) is 2.66. The molecule has 0 saturated heterocycles. The molecule has 0 unspecified atom stereocenters. The molecule has 126 valence electrons. The number of rotatable bonds is 4. The van der Waals surface area contributed by atoms with Crippen LogP contribution in [-0.2, 0) is 16.0 Å². The van der Waals surface area contributed by atoms with Gasteiger partial charge >= 0.3 is 0 Å². The van der Waals surface area contributed by atoms with E-state index in [-0.39, 0.29) is 30.9 Å². The highest BCUT2D eigenvalue weighted by Gasteiger charge is 2.19. The van der Waals surface area contributed by atoms with E-state index in [1.807, 2.05) is 26.0 Å². The quantitative estimate of drug-likeness (QED) is 0.895. The van der Waals surface area contributed by atoms with Crippen molar-refractivity contribution in [1.82, 2.24) is 10.5 Å². The normalized spacial score (nSPS) is 14.4. The molecule has 24 heavy (non-hydrogen) atoms. The first-order chi connectivity index (χ1) is 11.4. The summed E-state index contributed by atoms with van der Waals surface area (Å²) in [6, 6.07) is 5.27. The van der Waals surface area contributed by atoms with E-state index in [4.69, 9.17) is 9.26 Å². The predicted molar refractivity (Wildman–Crippen MR) is 86.8 cm³/mol. The van der Waals surface area contributed by atoms with Crippen LogP contribution in [0.25, 0.3) is 0 Å². The maximum absolute atomic E-state index is 12.3. The number of carbonyl (C=O) groups excluding carboxylic acids is 2. The van der Waals surface area contributed by atoms with E-state index >= 15 is 0 Å². The second-order valence-electron chi connectivity index (χ2n) is 5.86. The van der Waals surface area contributed by atoms with Crippen molar-refractivity contribution in [1.29, 1.82) is 0 Å². The van der Waals surface area contributed by atoms with Crippen LogP contribution in [0.1, 0.15) is 35.5 Å². The zero-order valence-corrected chi connectivity index (χ0v) is 13.8. The molecule has 2 amide bonds. The van der Waals surface area contributed by atoms with Crippen molar-refractivity contribution in [2.24, 2.45) is 0 Å². The van der Waals surface area contributed by atoms with Gasteiger partial charge in [-0.1, -0.05) is 11.2 Å². The van der Waals surface area contributed by atoms with Gasteiger partial charge in [0, 0.05) is 5.56 Å². The number of nitrogens with one attached hydrogen (secondary N) is 2. The third kappa shape index (κ3) is 3.24. The van der Waals surface area contributed by atoms with Crippen LogP contribution >= 0.6 is 0 Å². The summed E-state index contributed by atoms with van der Waals surface area (Å²) >= 11 is 0. The molecule has 3 rings (SSSR count). The number of aryl methyl sites for hydroxylation is 2. The molecular formula is C17H19N3O4. The second kappa shape index (κ2) is 6.35. The highest BCUT2D eigenvalue weighted by molar-refractivity contribution is 5.95. The average Bonchev–Trinajstić information content (AvgIpc) is 2.86. The Morgan fingerprint density at radius 1 is 1.42 bits per heavy atom. The summed E-state index contributed by atoms with van der Waals surface area (Å²) < 4.78 is 10.4. The molecule has 0 fully saturated rings. The minimum absolute atomic E-state index is 0.0239. The van der Waals surface area contributed by atoms with E-state index < -0.39 is 0 Å². The van der Waals surface area contributed by atoms with Crippen molar-refractivity contribution in [3.8, 4) is 5.75 Å². The summed E-state index contributed by atoms with van der Waals surface area (Å²) in [7, 11) is 0. The van der Waals surface area contributed by atoms with Gasteiger partial charge in [-0.15, -0.1) is 0 Å². The topological polar surface area (TPSA) is 93.5 Å².